The first-order valence-electron chi connectivity index (χ1n) is 6.64. The van der Waals surface area contributed by atoms with Crippen molar-refractivity contribution in [1.82, 2.24) is 15.0 Å². The van der Waals surface area contributed by atoms with E-state index in [1.165, 1.54) is 0 Å². The zero-order valence-electron chi connectivity index (χ0n) is 10.9. The monoisotopic (exact) mass is 259 g/mol. The number of aromatic amines is 1. The number of aromatic nitrogens is 3. The summed E-state index contributed by atoms with van der Waals surface area (Å²) >= 11 is 0. The Bertz CT molecular complexity index is 627. The molecule has 0 atom stereocenters. The van der Waals surface area contributed by atoms with E-state index in [9.17, 15) is 9.90 Å². The summed E-state index contributed by atoms with van der Waals surface area (Å²) in [6.07, 6.45) is 5.71. The molecule has 0 amide bonds. The third kappa shape index (κ3) is 2.09. The molecule has 0 radical (unpaired) electrons. The summed E-state index contributed by atoms with van der Waals surface area (Å²) in [4.78, 5) is 23.4. The number of carboxylic acid groups (broad SMARTS) is 1. The highest BCUT2D eigenvalue weighted by molar-refractivity contribution is 5.76. The zero-order chi connectivity index (χ0) is 13.5. The van der Waals surface area contributed by atoms with Crippen molar-refractivity contribution in [3.8, 4) is 0 Å². The van der Waals surface area contributed by atoms with Gasteiger partial charge in [-0.1, -0.05) is 12.8 Å². The number of carboxylic acids is 1. The maximum Gasteiger partial charge on any atom is 0.310 e. The number of carbonyl (C=O) groups is 1. The molecule has 1 aliphatic carbocycles. The van der Waals surface area contributed by atoms with E-state index in [0.29, 0.717) is 12.1 Å². The molecular formula is C14H17N3O2. The molecule has 1 saturated carbocycles. The number of fused-ring (bicyclic) bond motifs is 1. The van der Waals surface area contributed by atoms with E-state index in [2.05, 4.69) is 15.0 Å². The highest BCUT2D eigenvalue weighted by atomic mass is 16.4. The van der Waals surface area contributed by atoms with Crippen LogP contribution >= 0.6 is 0 Å². The van der Waals surface area contributed by atoms with Gasteiger partial charge in [0.05, 0.1) is 10.9 Å². The molecule has 2 heterocycles. The Hall–Kier alpha value is -1.91. The molecular weight excluding hydrogens is 242 g/mol. The molecule has 3 rings (SSSR count). The first-order valence-corrected chi connectivity index (χ1v) is 6.64. The van der Waals surface area contributed by atoms with Gasteiger partial charge < -0.3 is 10.1 Å². The summed E-state index contributed by atoms with van der Waals surface area (Å²) in [5.41, 5.74) is 1.98. The maximum absolute atomic E-state index is 11.5. The van der Waals surface area contributed by atoms with Gasteiger partial charge in [-0.15, -0.1) is 0 Å². The quantitative estimate of drug-likeness (QED) is 0.887. The van der Waals surface area contributed by atoms with Gasteiger partial charge in [0.15, 0.2) is 5.65 Å². The Labute approximate surface area is 111 Å². The van der Waals surface area contributed by atoms with Crippen LogP contribution in [0, 0.1) is 12.3 Å². The second kappa shape index (κ2) is 4.33. The summed E-state index contributed by atoms with van der Waals surface area (Å²) < 4.78 is 0. The number of nitrogens with one attached hydrogen (secondary N) is 1. The SMILES string of the molecule is Cc1cnc2nc(CC3(C(=O)O)CCCC3)[nH]c2c1. The normalized spacial score (nSPS) is 17.9. The summed E-state index contributed by atoms with van der Waals surface area (Å²) in [6, 6.07) is 1.99. The maximum atomic E-state index is 11.5. The summed E-state index contributed by atoms with van der Waals surface area (Å²) in [5, 5.41) is 9.49. The predicted octanol–water partition coefficient (Wildman–Crippen LogP) is 2.45. The van der Waals surface area contributed by atoms with Gasteiger partial charge in [-0.3, -0.25) is 4.79 Å². The van der Waals surface area contributed by atoms with Crippen molar-refractivity contribution in [2.24, 2.45) is 5.41 Å². The third-order valence-electron chi connectivity index (χ3n) is 4.04. The van der Waals surface area contributed by atoms with Crippen LogP contribution in [0.3, 0.4) is 0 Å². The van der Waals surface area contributed by atoms with Crippen LogP contribution in [-0.2, 0) is 11.2 Å². The molecule has 5 nitrogen and oxygen atoms in total. The van der Waals surface area contributed by atoms with Crippen LogP contribution < -0.4 is 0 Å². The first kappa shape index (κ1) is 12.1. The lowest BCUT2D eigenvalue weighted by molar-refractivity contribution is -0.148. The molecule has 2 aromatic rings. The van der Waals surface area contributed by atoms with Crippen molar-refractivity contribution in [2.45, 2.75) is 39.0 Å². The molecule has 2 N–H and O–H groups in total. The van der Waals surface area contributed by atoms with E-state index in [1.807, 2.05) is 13.0 Å². The van der Waals surface area contributed by atoms with Crippen LogP contribution in [0.1, 0.15) is 37.1 Å². The van der Waals surface area contributed by atoms with E-state index in [0.717, 1.165) is 42.6 Å². The summed E-state index contributed by atoms with van der Waals surface area (Å²) in [6.45, 7) is 1.97. The van der Waals surface area contributed by atoms with E-state index < -0.39 is 11.4 Å². The fourth-order valence-electron chi connectivity index (χ4n) is 2.98. The number of aliphatic carboxylic acids is 1. The van der Waals surface area contributed by atoms with Crippen LogP contribution in [0.25, 0.3) is 11.2 Å². The molecule has 0 aromatic carbocycles. The third-order valence-corrected chi connectivity index (χ3v) is 4.04. The summed E-state index contributed by atoms with van der Waals surface area (Å²) in [5.74, 6) is 0.0343. The van der Waals surface area contributed by atoms with Crippen molar-refractivity contribution in [3.05, 3.63) is 23.7 Å². The Morgan fingerprint density at radius 1 is 1.47 bits per heavy atom. The van der Waals surface area contributed by atoms with Crippen LogP contribution in [0.4, 0.5) is 0 Å². The van der Waals surface area contributed by atoms with Gasteiger partial charge in [0.2, 0.25) is 0 Å². The van der Waals surface area contributed by atoms with Gasteiger partial charge >= 0.3 is 5.97 Å². The van der Waals surface area contributed by atoms with Crippen molar-refractivity contribution < 1.29 is 9.90 Å². The average molecular weight is 259 g/mol. The topological polar surface area (TPSA) is 78.9 Å². The number of H-pyrrole nitrogens is 1. The highest BCUT2D eigenvalue weighted by Gasteiger charge is 2.42. The molecule has 0 saturated heterocycles. The number of aryl methyl sites for hydroxylation is 1. The highest BCUT2D eigenvalue weighted by Crippen LogP contribution is 2.40. The molecule has 0 bridgehead atoms. The molecule has 5 heteroatoms. The van der Waals surface area contributed by atoms with Crippen molar-refractivity contribution in [3.63, 3.8) is 0 Å². The molecule has 1 fully saturated rings. The Balaban J connectivity index is 1.94. The van der Waals surface area contributed by atoms with Gasteiger partial charge in [-0.05, 0) is 31.4 Å². The number of hydrogen-bond donors (Lipinski definition) is 2. The predicted molar refractivity (Wildman–Crippen MR) is 70.9 cm³/mol. The molecule has 0 spiro atoms. The minimum absolute atomic E-state index is 0.470. The van der Waals surface area contributed by atoms with E-state index >= 15 is 0 Å². The van der Waals surface area contributed by atoms with Crippen LogP contribution in [0.15, 0.2) is 12.3 Å². The van der Waals surface area contributed by atoms with Crippen molar-refractivity contribution in [1.29, 1.82) is 0 Å². The van der Waals surface area contributed by atoms with Gasteiger partial charge in [-0.25, -0.2) is 9.97 Å². The number of pyridine rings is 1. The van der Waals surface area contributed by atoms with Gasteiger partial charge in [-0.2, -0.15) is 0 Å². The van der Waals surface area contributed by atoms with Gasteiger partial charge in [0, 0.05) is 12.6 Å². The lowest BCUT2D eigenvalue weighted by Gasteiger charge is -2.22. The number of nitrogens with zero attached hydrogens (tertiary/aromatic N) is 2. The molecule has 0 unspecified atom stereocenters. The molecule has 1 aliphatic rings. The first-order chi connectivity index (χ1) is 9.09. The Morgan fingerprint density at radius 2 is 2.21 bits per heavy atom. The minimum Gasteiger partial charge on any atom is -0.481 e. The second-order valence-electron chi connectivity index (χ2n) is 5.54. The lowest BCUT2D eigenvalue weighted by atomic mass is 9.82. The summed E-state index contributed by atoms with van der Waals surface area (Å²) in [7, 11) is 0. The Morgan fingerprint density at radius 3 is 2.89 bits per heavy atom. The fraction of sp³-hybridized carbons (Fsp3) is 0.500. The largest absolute Gasteiger partial charge is 0.481 e. The van der Waals surface area contributed by atoms with E-state index in [-0.39, 0.29) is 0 Å². The van der Waals surface area contributed by atoms with E-state index in [4.69, 9.17) is 0 Å². The van der Waals surface area contributed by atoms with E-state index in [1.54, 1.807) is 6.20 Å². The smallest absolute Gasteiger partial charge is 0.310 e. The zero-order valence-corrected chi connectivity index (χ0v) is 10.9. The van der Waals surface area contributed by atoms with Gasteiger partial charge in [0.1, 0.15) is 5.82 Å². The number of rotatable bonds is 3. The average Bonchev–Trinajstić information content (AvgIpc) is 2.96. The van der Waals surface area contributed by atoms with Crippen molar-refractivity contribution >= 4 is 17.1 Å². The standard InChI is InChI=1S/C14H17N3O2/c1-9-6-10-12(15-8-9)17-11(16-10)7-14(13(18)19)4-2-3-5-14/h6,8H,2-5,7H2,1H3,(H,18,19)(H,15,16,17). The molecule has 19 heavy (non-hydrogen) atoms. The Kier molecular flexibility index (Phi) is 2.77. The molecule has 2 aromatic heterocycles. The molecule has 100 valence electrons. The van der Waals surface area contributed by atoms with Crippen LogP contribution in [0.2, 0.25) is 0 Å². The number of imidazole rings is 1. The minimum atomic E-state index is -0.699. The van der Waals surface area contributed by atoms with Crippen LogP contribution in [-0.4, -0.2) is 26.0 Å². The second-order valence-corrected chi connectivity index (χ2v) is 5.54. The molecule has 0 aliphatic heterocycles. The number of hydrogen-bond acceptors (Lipinski definition) is 3. The van der Waals surface area contributed by atoms with Crippen LogP contribution in [0.5, 0.6) is 0 Å². The lowest BCUT2D eigenvalue weighted by Crippen LogP contribution is -2.30. The van der Waals surface area contributed by atoms with Crippen molar-refractivity contribution in [2.75, 3.05) is 0 Å². The van der Waals surface area contributed by atoms with Gasteiger partial charge in [0.25, 0.3) is 0 Å². The fourth-order valence-corrected chi connectivity index (χ4v) is 2.98.